The second kappa shape index (κ2) is 6.12. The molecule has 6 nitrogen and oxygen atoms in total. The Morgan fingerprint density at radius 3 is 2.75 bits per heavy atom. The average molecular weight is 292 g/mol. The van der Waals surface area contributed by atoms with Gasteiger partial charge in [0.2, 0.25) is 0 Å². The van der Waals surface area contributed by atoms with Crippen molar-refractivity contribution in [2.24, 2.45) is 0 Å². The molecule has 2 rings (SSSR count). The molecule has 1 aromatic heterocycles. The summed E-state index contributed by atoms with van der Waals surface area (Å²) in [7, 11) is 0. The largest absolute Gasteiger partial charge is 0.346 e. The van der Waals surface area contributed by atoms with E-state index in [-0.39, 0.29) is 28.7 Å². The van der Waals surface area contributed by atoms with Crippen LogP contribution in [-0.4, -0.2) is 15.8 Å². The fourth-order valence-corrected chi connectivity index (χ4v) is 1.82. The molecule has 102 valence electrons. The maximum atomic E-state index is 11.9. The first-order valence-corrected chi connectivity index (χ1v) is 6.08. The van der Waals surface area contributed by atoms with Crippen LogP contribution in [0, 0.1) is 10.1 Å². The molecule has 0 saturated carbocycles. The van der Waals surface area contributed by atoms with E-state index in [1.807, 2.05) is 6.07 Å². The van der Waals surface area contributed by atoms with E-state index in [9.17, 15) is 14.9 Å². The standard InChI is InChI=1S/C13H10ClN3O3/c14-11-7-9(4-5-12(11)17(19)20)13(18)16-8-10-3-1-2-6-15-10/h1-7H,8H2,(H,16,18). The smallest absolute Gasteiger partial charge is 0.287 e. The Balaban J connectivity index is 2.06. The summed E-state index contributed by atoms with van der Waals surface area (Å²) in [4.78, 5) is 26.0. The Kier molecular flexibility index (Phi) is 4.27. The highest BCUT2D eigenvalue weighted by molar-refractivity contribution is 6.33. The second-order valence-electron chi connectivity index (χ2n) is 3.93. The molecule has 0 saturated heterocycles. The highest BCUT2D eigenvalue weighted by Crippen LogP contribution is 2.24. The number of nitro groups is 1. The summed E-state index contributed by atoms with van der Waals surface area (Å²) >= 11 is 5.75. The lowest BCUT2D eigenvalue weighted by atomic mass is 10.2. The number of carbonyl (C=O) groups excluding carboxylic acids is 1. The Bertz CT molecular complexity index is 647. The Morgan fingerprint density at radius 2 is 2.15 bits per heavy atom. The summed E-state index contributed by atoms with van der Waals surface area (Å²) in [6.07, 6.45) is 1.63. The average Bonchev–Trinajstić information content (AvgIpc) is 2.45. The number of carbonyl (C=O) groups is 1. The zero-order valence-electron chi connectivity index (χ0n) is 10.2. The van der Waals surface area contributed by atoms with Crippen LogP contribution in [0.3, 0.4) is 0 Å². The van der Waals surface area contributed by atoms with Gasteiger partial charge in [-0.3, -0.25) is 19.9 Å². The summed E-state index contributed by atoms with van der Waals surface area (Å²) < 4.78 is 0. The molecule has 1 N–H and O–H groups in total. The molecular formula is C13H10ClN3O3. The van der Waals surface area contributed by atoms with Crippen LogP contribution < -0.4 is 5.32 Å². The topological polar surface area (TPSA) is 85.1 Å². The fraction of sp³-hybridized carbons (Fsp3) is 0.0769. The number of hydrogen-bond acceptors (Lipinski definition) is 4. The van der Waals surface area contributed by atoms with Gasteiger partial charge < -0.3 is 5.32 Å². The minimum atomic E-state index is -0.599. The second-order valence-corrected chi connectivity index (χ2v) is 4.33. The van der Waals surface area contributed by atoms with Crippen molar-refractivity contribution in [3.05, 3.63) is 69.0 Å². The number of nitro benzene ring substituents is 1. The highest BCUT2D eigenvalue weighted by Gasteiger charge is 2.15. The fourth-order valence-electron chi connectivity index (χ4n) is 1.57. The first-order chi connectivity index (χ1) is 9.58. The number of benzene rings is 1. The molecular weight excluding hydrogens is 282 g/mol. The molecule has 7 heteroatoms. The summed E-state index contributed by atoms with van der Waals surface area (Å²) in [5.74, 6) is -0.368. The van der Waals surface area contributed by atoms with Crippen LogP contribution in [0.4, 0.5) is 5.69 Å². The minimum Gasteiger partial charge on any atom is -0.346 e. The van der Waals surface area contributed by atoms with Crippen molar-refractivity contribution in [2.45, 2.75) is 6.54 Å². The normalized spacial score (nSPS) is 10.1. The molecule has 0 atom stereocenters. The lowest BCUT2D eigenvalue weighted by Gasteiger charge is -2.05. The molecule has 1 aromatic carbocycles. The third-order valence-corrected chi connectivity index (χ3v) is 2.87. The minimum absolute atomic E-state index is 0.0690. The SMILES string of the molecule is O=C(NCc1ccccn1)c1ccc([N+](=O)[O-])c(Cl)c1. The van der Waals surface area contributed by atoms with Gasteiger partial charge in [0.1, 0.15) is 5.02 Å². The number of amides is 1. The van der Waals surface area contributed by atoms with Gasteiger partial charge in [-0.05, 0) is 24.3 Å². The van der Waals surface area contributed by atoms with E-state index in [0.29, 0.717) is 5.69 Å². The van der Waals surface area contributed by atoms with Gasteiger partial charge in [0, 0.05) is 17.8 Å². The number of hydrogen-bond donors (Lipinski definition) is 1. The van der Waals surface area contributed by atoms with Crippen molar-refractivity contribution in [1.29, 1.82) is 0 Å². The Labute approximate surface area is 119 Å². The molecule has 0 radical (unpaired) electrons. The maximum absolute atomic E-state index is 11.9. The van der Waals surface area contributed by atoms with Crippen LogP contribution in [0.2, 0.25) is 5.02 Å². The number of aromatic nitrogens is 1. The van der Waals surface area contributed by atoms with Crippen LogP contribution >= 0.6 is 11.6 Å². The lowest BCUT2D eigenvalue weighted by Crippen LogP contribution is -2.23. The van der Waals surface area contributed by atoms with E-state index in [1.165, 1.54) is 18.2 Å². The van der Waals surface area contributed by atoms with E-state index >= 15 is 0 Å². The van der Waals surface area contributed by atoms with Gasteiger partial charge in [0.25, 0.3) is 11.6 Å². The molecule has 2 aromatic rings. The van der Waals surface area contributed by atoms with Crippen LogP contribution in [0.25, 0.3) is 0 Å². The molecule has 20 heavy (non-hydrogen) atoms. The van der Waals surface area contributed by atoms with E-state index in [4.69, 9.17) is 11.6 Å². The van der Waals surface area contributed by atoms with Crippen molar-refractivity contribution in [2.75, 3.05) is 0 Å². The van der Waals surface area contributed by atoms with Gasteiger partial charge >= 0.3 is 0 Å². The molecule has 0 aliphatic carbocycles. The number of nitrogens with zero attached hydrogens (tertiary/aromatic N) is 2. The summed E-state index contributed by atoms with van der Waals surface area (Å²) in [6.45, 7) is 0.272. The number of pyridine rings is 1. The van der Waals surface area contributed by atoms with Crippen molar-refractivity contribution in [3.63, 3.8) is 0 Å². The number of nitrogens with one attached hydrogen (secondary N) is 1. The van der Waals surface area contributed by atoms with Gasteiger partial charge in [-0.15, -0.1) is 0 Å². The summed E-state index contributed by atoms with van der Waals surface area (Å²) in [5, 5.41) is 13.2. The summed E-state index contributed by atoms with van der Waals surface area (Å²) in [5.41, 5.74) is 0.748. The molecule has 1 amide bonds. The third kappa shape index (κ3) is 3.30. The van der Waals surface area contributed by atoms with Gasteiger partial charge in [0.05, 0.1) is 17.2 Å². The number of rotatable bonds is 4. The summed E-state index contributed by atoms with van der Waals surface area (Å²) in [6, 6.07) is 9.21. The highest BCUT2D eigenvalue weighted by atomic mass is 35.5. The van der Waals surface area contributed by atoms with E-state index in [0.717, 1.165) is 0 Å². The first kappa shape index (κ1) is 14.0. The van der Waals surface area contributed by atoms with Gasteiger partial charge in [0.15, 0.2) is 0 Å². The van der Waals surface area contributed by atoms with Crippen molar-refractivity contribution in [1.82, 2.24) is 10.3 Å². The molecule has 0 unspecified atom stereocenters. The van der Waals surface area contributed by atoms with Crippen LogP contribution in [-0.2, 0) is 6.54 Å². The zero-order chi connectivity index (χ0) is 14.5. The van der Waals surface area contributed by atoms with Gasteiger partial charge in [-0.1, -0.05) is 17.7 Å². The molecule has 1 heterocycles. The van der Waals surface area contributed by atoms with Crippen molar-refractivity contribution in [3.8, 4) is 0 Å². The van der Waals surface area contributed by atoms with E-state index in [2.05, 4.69) is 10.3 Å². The quantitative estimate of drug-likeness (QED) is 0.693. The van der Waals surface area contributed by atoms with E-state index < -0.39 is 4.92 Å². The van der Waals surface area contributed by atoms with Gasteiger partial charge in [-0.25, -0.2) is 0 Å². The monoisotopic (exact) mass is 291 g/mol. The lowest BCUT2D eigenvalue weighted by molar-refractivity contribution is -0.384. The molecule has 0 bridgehead atoms. The first-order valence-electron chi connectivity index (χ1n) is 5.70. The van der Waals surface area contributed by atoms with E-state index in [1.54, 1.807) is 18.3 Å². The van der Waals surface area contributed by atoms with Crippen LogP contribution in [0.5, 0.6) is 0 Å². The predicted molar refractivity (Wildman–Crippen MR) is 73.5 cm³/mol. The van der Waals surface area contributed by atoms with Gasteiger partial charge in [-0.2, -0.15) is 0 Å². The Hall–Kier alpha value is -2.47. The van der Waals surface area contributed by atoms with Crippen LogP contribution in [0.1, 0.15) is 16.1 Å². The predicted octanol–water partition coefficient (Wildman–Crippen LogP) is 2.57. The Morgan fingerprint density at radius 1 is 1.35 bits per heavy atom. The molecule has 0 fully saturated rings. The molecule has 0 aliphatic rings. The molecule has 0 spiro atoms. The van der Waals surface area contributed by atoms with Crippen molar-refractivity contribution >= 4 is 23.2 Å². The van der Waals surface area contributed by atoms with Crippen LogP contribution in [0.15, 0.2) is 42.6 Å². The number of halogens is 1. The third-order valence-electron chi connectivity index (χ3n) is 2.56. The van der Waals surface area contributed by atoms with Crippen molar-refractivity contribution < 1.29 is 9.72 Å². The maximum Gasteiger partial charge on any atom is 0.287 e. The molecule has 0 aliphatic heterocycles. The zero-order valence-corrected chi connectivity index (χ0v) is 11.0.